The van der Waals surface area contributed by atoms with E-state index in [1.54, 1.807) is 0 Å². The molecule has 0 aromatic rings. The molecule has 0 spiro atoms. The predicted molar refractivity (Wildman–Crippen MR) is 99.0 cm³/mol. The van der Waals surface area contributed by atoms with Crippen LogP contribution >= 0.6 is 0 Å². The summed E-state index contributed by atoms with van der Waals surface area (Å²) >= 11 is 0. The van der Waals surface area contributed by atoms with Gasteiger partial charge >= 0.3 is 0 Å². The van der Waals surface area contributed by atoms with E-state index in [9.17, 15) is 0 Å². The Hall–Kier alpha value is 2.08. The van der Waals surface area contributed by atoms with Gasteiger partial charge in [-0.25, -0.2) is 0 Å². The van der Waals surface area contributed by atoms with Crippen molar-refractivity contribution < 1.29 is 21.5 Å². The summed E-state index contributed by atoms with van der Waals surface area (Å²) in [6.07, 6.45) is 20.4. The molecule has 3 heteroatoms. The molecule has 22 heavy (non-hydrogen) atoms. The van der Waals surface area contributed by atoms with E-state index in [0.717, 1.165) is 4.48 Å². The van der Waals surface area contributed by atoms with E-state index in [-0.39, 0.29) is 68.4 Å². The largest absolute Gasteiger partial charge is 1.00 e. The minimum atomic E-state index is 0. The fourth-order valence-corrected chi connectivity index (χ4v) is 2.78. The molecule has 0 amide bonds. The van der Waals surface area contributed by atoms with Crippen LogP contribution in [-0.2, 0) is 0 Å². The maximum Gasteiger partial charge on any atom is 0.0780 e. The molecule has 0 bridgehead atoms. The Morgan fingerprint density at radius 3 is 1.05 bits per heavy atom. The Balaban J connectivity index is -0.00000180. The maximum atomic E-state index is 2.29. The van der Waals surface area contributed by atoms with E-state index in [0.29, 0.717) is 0 Å². The van der Waals surface area contributed by atoms with Crippen LogP contribution in [0.3, 0.4) is 0 Å². The zero-order valence-electron chi connectivity index (χ0n) is 16.4. The molecule has 0 saturated carbocycles. The molecule has 0 unspecified atom stereocenters. The minimum absolute atomic E-state index is 0. The van der Waals surface area contributed by atoms with Gasteiger partial charge in [-0.3, -0.25) is 0 Å². The third kappa shape index (κ3) is 26.9. The standard InChI is InChI=1S/C19H42N.BrH.K/c1-5-6-7-8-9-10-11-12-13-14-15-16-17-18-19-20(2,3)4;;/h5-19H2,1-4H3;1H;/q+1;;/p-1. The Morgan fingerprint density at radius 2 is 0.773 bits per heavy atom. The van der Waals surface area contributed by atoms with Gasteiger partial charge in [0, 0.05) is 51.4 Å². The molecule has 131 valence electrons. The van der Waals surface area contributed by atoms with Crippen LogP contribution in [0.15, 0.2) is 0 Å². The van der Waals surface area contributed by atoms with Crippen molar-refractivity contribution in [1.82, 2.24) is 0 Å². The second-order valence-electron chi connectivity index (χ2n) is 7.61. The molecule has 0 fully saturated rings. The average molecular weight is 404 g/mol. The van der Waals surface area contributed by atoms with E-state index < -0.39 is 0 Å². The molecule has 0 aliphatic rings. The van der Waals surface area contributed by atoms with Crippen molar-refractivity contribution in [3.63, 3.8) is 0 Å². The first-order chi connectivity index (χ1) is 9.56. The van der Waals surface area contributed by atoms with E-state index in [2.05, 4.69) is 28.1 Å². The molecular weight excluding hydrogens is 361 g/mol. The van der Waals surface area contributed by atoms with Crippen LogP contribution in [0.4, 0.5) is 0 Å². The zero-order valence-corrected chi connectivity index (χ0v) is 21.1. The van der Waals surface area contributed by atoms with Gasteiger partial charge in [-0.2, -0.15) is 0 Å². The molecule has 0 aliphatic heterocycles. The van der Waals surface area contributed by atoms with Crippen molar-refractivity contribution >= 4 is 51.4 Å². The second-order valence-corrected chi connectivity index (χ2v) is 7.61. The molecule has 0 aromatic heterocycles. The molecule has 0 saturated heterocycles. The number of unbranched alkanes of at least 4 members (excludes halogenated alkanes) is 13. The first-order valence-electron chi connectivity index (χ1n) is 9.36. The fraction of sp³-hybridized carbons (Fsp3) is 1.00. The van der Waals surface area contributed by atoms with E-state index in [4.69, 9.17) is 0 Å². The van der Waals surface area contributed by atoms with E-state index in [1.165, 1.54) is 96.4 Å². The predicted octanol–water partition coefficient (Wildman–Crippen LogP) is 2.80. The van der Waals surface area contributed by atoms with E-state index >= 15 is 0 Å². The summed E-state index contributed by atoms with van der Waals surface area (Å²) in [5, 5.41) is 0. The van der Waals surface area contributed by atoms with Gasteiger partial charge < -0.3 is 21.5 Å². The van der Waals surface area contributed by atoms with Crippen LogP contribution in [0.2, 0.25) is 0 Å². The third-order valence-electron chi connectivity index (χ3n) is 4.18. The van der Waals surface area contributed by atoms with Gasteiger partial charge in [0.2, 0.25) is 0 Å². The summed E-state index contributed by atoms with van der Waals surface area (Å²) < 4.78 is 1.12. The van der Waals surface area contributed by atoms with Crippen LogP contribution in [0.25, 0.3) is 0 Å². The Bertz CT molecular complexity index is 192. The molecular formula is C19H42BrKN. The van der Waals surface area contributed by atoms with Crippen LogP contribution < -0.4 is 17.0 Å². The van der Waals surface area contributed by atoms with Crippen molar-refractivity contribution in [2.45, 2.75) is 96.8 Å². The van der Waals surface area contributed by atoms with Gasteiger partial charge in [-0.15, -0.1) is 0 Å². The van der Waals surface area contributed by atoms with Gasteiger partial charge in [0.1, 0.15) is 0 Å². The van der Waals surface area contributed by atoms with Crippen LogP contribution in [0, 0.1) is 0 Å². The summed E-state index contributed by atoms with van der Waals surface area (Å²) in [6.45, 7) is 3.63. The van der Waals surface area contributed by atoms with Crippen molar-refractivity contribution in [2.75, 3.05) is 27.7 Å². The van der Waals surface area contributed by atoms with Crippen molar-refractivity contribution in [1.29, 1.82) is 0 Å². The Kier molecular flexibility index (Phi) is 27.7. The minimum Gasteiger partial charge on any atom is -1.00 e. The van der Waals surface area contributed by atoms with Crippen molar-refractivity contribution in [3.05, 3.63) is 0 Å². The van der Waals surface area contributed by atoms with E-state index in [1.807, 2.05) is 0 Å². The first-order valence-corrected chi connectivity index (χ1v) is 9.36. The van der Waals surface area contributed by atoms with Gasteiger partial charge in [0.05, 0.1) is 27.7 Å². The number of rotatable bonds is 15. The number of hydrogen-bond donors (Lipinski definition) is 0. The Morgan fingerprint density at radius 1 is 0.500 bits per heavy atom. The van der Waals surface area contributed by atoms with Crippen molar-refractivity contribution in [3.8, 4) is 0 Å². The average Bonchev–Trinajstić information content (AvgIpc) is 2.38. The van der Waals surface area contributed by atoms with Crippen LogP contribution in [0.5, 0.6) is 0 Å². The molecule has 0 aromatic carbocycles. The molecule has 0 rings (SSSR count). The van der Waals surface area contributed by atoms with Crippen LogP contribution in [0.1, 0.15) is 96.8 Å². The molecule has 1 radical (unpaired) electrons. The molecule has 1 nitrogen and oxygen atoms in total. The monoisotopic (exact) mass is 402 g/mol. The molecule has 0 aliphatic carbocycles. The SMILES string of the molecule is CCCCCCCCCCCCCCCC[N+](C)(C)C.[Br-].[K]. The number of nitrogens with zero attached hydrogens (tertiary/aromatic N) is 1. The van der Waals surface area contributed by atoms with Gasteiger partial charge in [-0.05, 0) is 12.8 Å². The van der Waals surface area contributed by atoms with Crippen molar-refractivity contribution in [2.24, 2.45) is 0 Å². The van der Waals surface area contributed by atoms with Gasteiger partial charge in [-0.1, -0.05) is 84.0 Å². The van der Waals surface area contributed by atoms with Gasteiger partial charge in [0.25, 0.3) is 0 Å². The summed E-state index contributed by atoms with van der Waals surface area (Å²) in [4.78, 5) is 0. The smallest absolute Gasteiger partial charge is 0.0780 e. The normalized spacial score (nSPS) is 10.9. The molecule has 0 heterocycles. The summed E-state index contributed by atoms with van der Waals surface area (Å²) in [6, 6.07) is 0. The third-order valence-corrected chi connectivity index (χ3v) is 4.18. The summed E-state index contributed by atoms with van der Waals surface area (Å²) in [5.41, 5.74) is 0. The topological polar surface area (TPSA) is 0 Å². The number of halogens is 1. The maximum absolute atomic E-state index is 2.29. The first kappa shape index (κ1) is 28.9. The summed E-state index contributed by atoms with van der Waals surface area (Å²) in [5.74, 6) is 0. The second kappa shape index (κ2) is 21.1. The Labute approximate surface area is 195 Å². The summed E-state index contributed by atoms with van der Waals surface area (Å²) in [7, 11) is 6.88. The number of quaternary nitrogens is 1. The van der Waals surface area contributed by atoms with Crippen LogP contribution in [-0.4, -0.2) is 83.6 Å². The molecule has 0 atom stereocenters. The zero-order chi connectivity index (χ0) is 15.1. The number of hydrogen-bond acceptors (Lipinski definition) is 0. The molecule has 0 N–H and O–H groups in total. The van der Waals surface area contributed by atoms with Gasteiger partial charge in [0.15, 0.2) is 0 Å². The quantitative estimate of drug-likeness (QED) is 0.224. The fourth-order valence-electron chi connectivity index (χ4n) is 2.78.